The molecule has 6 nitrogen and oxygen atoms in total. The second-order valence-electron chi connectivity index (χ2n) is 5.05. The number of ether oxygens (including phenoxy) is 1. The maximum absolute atomic E-state index is 13.9. The van der Waals surface area contributed by atoms with Gasteiger partial charge < -0.3 is 10.1 Å². The summed E-state index contributed by atoms with van der Waals surface area (Å²) < 4.78 is 20.3. The van der Waals surface area contributed by atoms with E-state index in [4.69, 9.17) is 4.74 Å². The molecule has 24 heavy (non-hydrogen) atoms. The van der Waals surface area contributed by atoms with Crippen molar-refractivity contribution >= 4 is 11.6 Å². The van der Waals surface area contributed by atoms with Gasteiger partial charge in [0, 0.05) is 6.07 Å². The van der Waals surface area contributed by atoms with E-state index in [1.54, 1.807) is 37.3 Å². The lowest BCUT2D eigenvalue weighted by Gasteiger charge is -2.07. The van der Waals surface area contributed by atoms with E-state index in [1.165, 1.54) is 30.3 Å². The topological polar surface area (TPSA) is 69.0 Å². The Morgan fingerprint density at radius 1 is 1.21 bits per heavy atom. The highest BCUT2D eigenvalue weighted by molar-refractivity contribution is 6.04. The minimum Gasteiger partial charge on any atom is -0.481 e. The van der Waals surface area contributed by atoms with Crippen LogP contribution in [0.1, 0.15) is 16.1 Å². The molecule has 0 aliphatic heterocycles. The van der Waals surface area contributed by atoms with Crippen molar-refractivity contribution in [1.82, 2.24) is 14.8 Å². The van der Waals surface area contributed by atoms with Crippen LogP contribution >= 0.6 is 0 Å². The van der Waals surface area contributed by atoms with Gasteiger partial charge in [-0.05, 0) is 25.1 Å². The number of anilines is 1. The van der Waals surface area contributed by atoms with Crippen LogP contribution in [0, 0.1) is 12.7 Å². The van der Waals surface area contributed by atoms with Crippen LogP contribution in [0.2, 0.25) is 0 Å². The van der Waals surface area contributed by atoms with Crippen molar-refractivity contribution in [3.05, 3.63) is 65.9 Å². The van der Waals surface area contributed by atoms with Gasteiger partial charge in [0.1, 0.15) is 11.5 Å². The fraction of sp³-hybridized carbons (Fsp3) is 0.118. The molecule has 2 aromatic heterocycles. The van der Waals surface area contributed by atoms with E-state index in [-0.39, 0.29) is 5.91 Å². The fourth-order valence-electron chi connectivity index (χ4n) is 2.27. The molecule has 0 aliphatic rings. The van der Waals surface area contributed by atoms with Gasteiger partial charge in [-0.3, -0.25) is 4.79 Å². The number of nitrogens with one attached hydrogen (secondary N) is 1. The van der Waals surface area contributed by atoms with Crippen LogP contribution in [0.4, 0.5) is 10.1 Å². The summed E-state index contributed by atoms with van der Waals surface area (Å²) in [6, 6.07) is 9.58. The van der Waals surface area contributed by atoms with Gasteiger partial charge in [0.25, 0.3) is 5.91 Å². The summed E-state index contributed by atoms with van der Waals surface area (Å²) in [6.07, 6.45) is 2.90. The second kappa shape index (κ2) is 6.49. The maximum Gasteiger partial charge on any atom is 0.259 e. The zero-order chi connectivity index (χ0) is 17.1. The number of methoxy groups -OCH3 is 1. The van der Waals surface area contributed by atoms with Crippen LogP contribution in [-0.4, -0.2) is 27.8 Å². The Morgan fingerprint density at radius 3 is 2.67 bits per heavy atom. The molecule has 1 aromatic carbocycles. The van der Waals surface area contributed by atoms with Crippen molar-refractivity contribution in [2.75, 3.05) is 12.4 Å². The number of rotatable bonds is 4. The van der Waals surface area contributed by atoms with Gasteiger partial charge in [0.2, 0.25) is 5.88 Å². The molecule has 7 heteroatoms. The summed E-state index contributed by atoms with van der Waals surface area (Å²) in [5.74, 6) is -0.298. The van der Waals surface area contributed by atoms with Gasteiger partial charge in [-0.25, -0.2) is 14.1 Å². The first-order valence-electron chi connectivity index (χ1n) is 7.21. The molecule has 122 valence electrons. The third kappa shape index (κ3) is 2.96. The third-order valence-corrected chi connectivity index (χ3v) is 3.54. The SMILES string of the molecule is COc1ccc(NC(=O)c2cnn(-c3ccccc3F)c2C)cn1. The summed E-state index contributed by atoms with van der Waals surface area (Å²) in [6.45, 7) is 1.71. The average molecular weight is 326 g/mol. The number of halogens is 1. The highest BCUT2D eigenvalue weighted by Crippen LogP contribution is 2.18. The molecule has 2 heterocycles. The van der Waals surface area contributed by atoms with Gasteiger partial charge >= 0.3 is 0 Å². The quantitative estimate of drug-likeness (QED) is 0.800. The lowest BCUT2D eigenvalue weighted by atomic mass is 10.2. The van der Waals surface area contributed by atoms with E-state index >= 15 is 0 Å². The normalized spacial score (nSPS) is 10.5. The first-order valence-corrected chi connectivity index (χ1v) is 7.21. The van der Waals surface area contributed by atoms with Crippen LogP contribution in [0.15, 0.2) is 48.8 Å². The van der Waals surface area contributed by atoms with E-state index in [0.29, 0.717) is 28.5 Å². The van der Waals surface area contributed by atoms with Gasteiger partial charge in [-0.1, -0.05) is 12.1 Å². The Balaban J connectivity index is 1.85. The van der Waals surface area contributed by atoms with Gasteiger partial charge in [0.15, 0.2) is 0 Å². The predicted octanol–water partition coefficient (Wildman–Crippen LogP) is 2.98. The van der Waals surface area contributed by atoms with E-state index in [9.17, 15) is 9.18 Å². The van der Waals surface area contributed by atoms with Crippen LogP contribution in [0.5, 0.6) is 5.88 Å². The monoisotopic (exact) mass is 326 g/mol. The largest absolute Gasteiger partial charge is 0.481 e. The first kappa shape index (κ1) is 15.7. The molecular formula is C17H15FN4O2. The first-order chi connectivity index (χ1) is 11.6. The molecule has 0 spiro atoms. The smallest absolute Gasteiger partial charge is 0.259 e. The van der Waals surface area contributed by atoms with Crippen molar-refractivity contribution in [2.24, 2.45) is 0 Å². The third-order valence-electron chi connectivity index (χ3n) is 3.54. The Bertz CT molecular complexity index is 875. The molecule has 0 bridgehead atoms. The molecule has 0 aliphatic carbocycles. The summed E-state index contributed by atoms with van der Waals surface area (Å²) in [5, 5.41) is 6.84. The molecule has 0 saturated carbocycles. The zero-order valence-corrected chi connectivity index (χ0v) is 13.2. The number of para-hydroxylation sites is 1. The summed E-state index contributed by atoms with van der Waals surface area (Å²) in [5.41, 5.74) is 1.71. The predicted molar refractivity (Wildman–Crippen MR) is 87.0 cm³/mol. The Hall–Kier alpha value is -3.22. The van der Waals surface area contributed by atoms with Crippen LogP contribution < -0.4 is 10.1 Å². The van der Waals surface area contributed by atoms with Crippen molar-refractivity contribution in [1.29, 1.82) is 0 Å². The number of benzene rings is 1. The van der Waals surface area contributed by atoms with Crippen molar-refractivity contribution in [2.45, 2.75) is 6.92 Å². The van der Waals surface area contributed by atoms with Crippen molar-refractivity contribution in [3.63, 3.8) is 0 Å². The van der Waals surface area contributed by atoms with E-state index in [0.717, 1.165) is 0 Å². The highest BCUT2D eigenvalue weighted by Gasteiger charge is 2.17. The number of hydrogen-bond acceptors (Lipinski definition) is 4. The van der Waals surface area contributed by atoms with Crippen LogP contribution in [0.25, 0.3) is 5.69 Å². The number of nitrogens with zero attached hydrogens (tertiary/aromatic N) is 3. The fourth-order valence-corrected chi connectivity index (χ4v) is 2.27. The standard InChI is InChI=1S/C17H15FN4O2/c1-11-13(10-20-22(11)15-6-4-3-5-14(15)18)17(23)21-12-7-8-16(24-2)19-9-12/h3-10H,1-2H3,(H,21,23). The molecule has 0 atom stereocenters. The molecule has 1 N–H and O–H groups in total. The van der Waals surface area contributed by atoms with Gasteiger partial charge in [-0.15, -0.1) is 0 Å². The number of carbonyl (C=O) groups is 1. The Kier molecular flexibility index (Phi) is 4.24. The maximum atomic E-state index is 13.9. The lowest BCUT2D eigenvalue weighted by Crippen LogP contribution is -2.13. The molecule has 0 radical (unpaired) electrons. The van der Waals surface area contributed by atoms with E-state index in [2.05, 4.69) is 15.4 Å². The van der Waals surface area contributed by atoms with Crippen molar-refractivity contribution < 1.29 is 13.9 Å². The highest BCUT2D eigenvalue weighted by atomic mass is 19.1. The molecule has 0 unspecified atom stereocenters. The van der Waals surface area contributed by atoms with Gasteiger partial charge in [-0.2, -0.15) is 5.10 Å². The second-order valence-corrected chi connectivity index (χ2v) is 5.05. The van der Waals surface area contributed by atoms with Gasteiger partial charge in [0.05, 0.1) is 36.4 Å². The number of pyridine rings is 1. The molecule has 1 amide bonds. The summed E-state index contributed by atoms with van der Waals surface area (Å²) >= 11 is 0. The Morgan fingerprint density at radius 2 is 2.00 bits per heavy atom. The molecule has 3 rings (SSSR count). The Labute approximate surface area is 137 Å². The number of aromatic nitrogens is 3. The molecule has 3 aromatic rings. The van der Waals surface area contributed by atoms with Crippen LogP contribution in [0.3, 0.4) is 0 Å². The van der Waals surface area contributed by atoms with E-state index < -0.39 is 5.82 Å². The minimum absolute atomic E-state index is 0.292. The molecular weight excluding hydrogens is 311 g/mol. The summed E-state index contributed by atoms with van der Waals surface area (Å²) in [7, 11) is 1.51. The lowest BCUT2D eigenvalue weighted by molar-refractivity contribution is 0.102. The van der Waals surface area contributed by atoms with E-state index in [1.807, 2.05) is 0 Å². The number of hydrogen-bond donors (Lipinski definition) is 1. The summed E-state index contributed by atoms with van der Waals surface area (Å²) in [4.78, 5) is 16.4. The van der Waals surface area contributed by atoms with Crippen LogP contribution in [-0.2, 0) is 0 Å². The number of amides is 1. The molecule has 0 saturated heterocycles. The average Bonchev–Trinajstić information content (AvgIpc) is 2.97. The molecule has 0 fully saturated rings. The minimum atomic E-state index is -0.407. The zero-order valence-electron chi connectivity index (χ0n) is 13.2. The van der Waals surface area contributed by atoms with Crippen molar-refractivity contribution in [3.8, 4) is 11.6 Å². The number of carbonyl (C=O) groups excluding carboxylic acids is 1.